The quantitative estimate of drug-likeness (QED) is 0.339. The van der Waals surface area contributed by atoms with Crippen LogP contribution >= 0.6 is 0 Å². The molecule has 3 N–H and O–H groups in total. The summed E-state index contributed by atoms with van der Waals surface area (Å²) in [6, 6.07) is 0. The zero-order valence-corrected chi connectivity index (χ0v) is 23.7. The average Bonchev–Trinajstić information content (AvgIpc) is 3.29. The molecule has 0 radical (unpaired) electrons. The molecular weight excluding hydrogens is 524 g/mol. The number of carbonyl (C=O) groups excluding carboxylic acids is 3. The second-order valence-electron chi connectivity index (χ2n) is 13.1. The van der Waals surface area contributed by atoms with Crippen molar-refractivity contribution in [1.29, 1.82) is 0 Å². The van der Waals surface area contributed by atoms with E-state index in [2.05, 4.69) is 0 Å². The number of allylic oxidation sites excluding steroid dienone is 4. The molecule has 0 aromatic rings. The first-order chi connectivity index (χ1) is 18.7. The highest BCUT2D eigenvalue weighted by Crippen LogP contribution is 2.72. The van der Waals surface area contributed by atoms with Gasteiger partial charge in [-0.3, -0.25) is 14.4 Å². The van der Waals surface area contributed by atoms with E-state index in [9.17, 15) is 19.5 Å². The van der Waals surface area contributed by atoms with Gasteiger partial charge in [-0.15, -0.1) is 0 Å². The van der Waals surface area contributed by atoms with E-state index in [1.54, 1.807) is 20.8 Å². The van der Waals surface area contributed by atoms with Crippen molar-refractivity contribution in [2.75, 3.05) is 13.2 Å². The van der Waals surface area contributed by atoms with Crippen LogP contribution in [-0.4, -0.2) is 71.2 Å². The molecule has 1 saturated heterocycles. The fraction of sp³-hybridized carbons (Fsp3) is 0.767. The van der Waals surface area contributed by atoms with E-state index in [-0.39, 0.29) is 31.3 Å². The Balaban J connectivity index is 1.47. The van der Waals surface area contributed by atoms with Gasteiger partial charge in [0.2, 0.25) is 5.78 Å². The second kappa shape index (κ2) is 9.78. The van der Waals surface area contributed by atoms with Crippen LogP contribution in [0.2, 0.25) is 0 Å². The lowest BCUT2D eigenvalue weighted by molar-refractivity contribution is -0.249. The summed E-state index contributed by atoms with van der Waals surface area (Å²) in [7, 11) is 0. The molecule has 9 atom stereocenters. The van der Waals surface area contributed by atoms with E-state index in [1.807, 2.05) is 0 Å². The van der Waals surface area contributed by atoms with E-state index in [4.69, 9.17) is 19.9 Å². The summed E-state index contributed by atoms with van der Waals surface area (Å²) < 4.78 is 51.1. The summed E-state index contributed by atoms with van der Waals surface area (Å²) in [6.07, 6.45) is 1.92. The number of fused-ring (bicyclic) bond motifs is 7. The van der Waals surface area contributed by atoms with E-state index in [0.29, 0.717) is 13.0 Å². The lowest BCUT2D eigenvalue weighted by atomic mass is 9.44. The number of alkyl halides is 2. The van der Waals surface area contributed by atoms with Crippen molar-refractivity contribution in [1.82, 2.24) is 0 Å². The van der Waals surface area contributed by atoms with Crippen molar-refractivity contribution in [3.8, 4) is 0 Å². The molecule has 5 aliphatic rings. The zero-order chi connectivity index (χ0) is 29.3. The minimum atomic E-state index is -2.28. The Labute approximate surface area is 233 Å². The summed E-state index contributed by atoms with van der Waals surface area (Å²) >= 11 is 0. The van der Waals surface area contributed by atoms with Crippen LogP contribution in [0.1, 0.15) is 72.6 Å². The Morgan fingerprint density at radius 2 is 1.88 bits per heavy atom. The predicted molar refractivity (Wildman–Crippen MR) is 140 cm³/mol. The number of Topliss-reactive ketones (excluding diaryl/α,β-unsaturated/α-hetero) is 1. The van der Waals surface area contributed by atoms with Gasteiger partial charge >= 0.3 is 5.97 Å². The number of rotatable bonds is 8. The van der Waals surface area contributed by atoms with Crippen molar-refractivity contribution < 1.29 is 42.5 Å². The second-order valence-corrected chi connectivity index (χ2v) is 13.1. The van der Waals surface area contributed by atoms with E-state index in [1.165, 1.54) is 19.1 Å². The number of aliphatic hydroxyl groups excluding tert-OH is 1. The minimum absolute atomic E-state index is 0.0393. The van der Waals surface area contributed by atoms with Crippen LogP contribution in [0.4, 0.5) is 8.78 Å². The summed E-state index contributed by atoms with van der Waals surface area (Å²) in [6.45, 7) is 6.66. The smallest absolute Gasteiger partial charge is 0.306 e. The fourth-order valence-electron chi connectivity index (χ4n) is 8.72. The van der Waals surface area contributed by atoms with Crippen LogP contribution in [0.3, 0.4) is 0 Å². The normalized spacial score (nSPS) is 44.8. The molecule has 8 nitrogen and oxygen atoms in total. The van der Waals surface area contributed by atoms with E-state index >= 15 is 8.78 Å². The van der Waals surface area contributed by atoms with Gasteiger partial charge in [0.05, 0.1) is 12.2 Å². The monoisotopic (exact) mass is 565 g/mol. The van der Waals surface area contributed by atoms with Crippen molar-refractivity contribution in [3.63, 3.8) is 0 Å². The number of carbonyl (C=O) groups is 3. The topological polar surface area (TPSA) is 125 Å². The maximum absolute atomic E-state index is 17.5. The maximum Gasteiger partial charge on any atom is 0.306 e. The molecule has 0 aromatic heterocycles. The molecule has 4 aliphatic carbocycles. The Bertz CT molecular complexity index is 1150. The largest absolute Gasteiger partial charge is 0.458 e. The van der Waals surface area contributed by atoms with E-state index < -0.39 is 82.2 Å². The Kier molecular flexibility index (Phi) is 7.21. The average molecular weight is 566 g/mol. The van der Waals surface area contributed by atoms with Crippen LogP contribution in [-0.2, 0) is 28.6 Å². The number of nitrogens with two attached hydrogens (primary N) is 1. The minimum Gasteiger partial charge on any atom is -0.458 e. The molecule has 4 fully saturated rings. The summed E-state index contributed by atoms with van der Waals surface area (Å²) in [4.78, 5) is 38.4. The van der Waals surface area contributed by atoms with Crippen molar-refractivity contribution in [3.05, 3.63) is 23.8 Å². The third-order valence-corrected chi connectivity index (χ3v) is 10.5. The zero-order valence-electron chi connectivity index (χ0n) is 23.7. The number of ether oxygens (including phenoxy) is 3. The van der Waals surface area contributed by atoms with Crippen LogP contribution in [0, 0.1) is 22.7 Å². The molecule has 0 unspecified atom stereocenters. The molecule has 0 bridgehead atoms. The SMILES string of the molecule is CC1(C)O[C@@H]2C[C@H]3[C@@H]4C[C@H](F)C5=CC(=O)C=C[C@]5(C)[C@@]4(F)[C@@H](O)C[C@]3(C)[C@]2(C(=O)COC(=O)CCCCCN)O1. The molecular formula is C30H41F2NO7. The van der Waals surface area contributed by atoms with Gasteiger partial charge in [-0.1, -0.05) is 19.4 Å². The van der Waals surface area contributed by atoms with Gasteiger partial charge in [0, 0.05) is 23.2 Å². The molecule has 1 heterocycles. The summed E-state index contributed by atoms with van der Waals surface area (Å²) in [5, 5.41) is 11.6. The Morgan fingerprint density at radius 1 is 1.15 bits per heavy atom. The third-order valence-electron chi connectivity index (χ3n) is 10.5. The van der Waals surface area contributed by atoms with Gasteiger partial charge in [0.1, 0.15) is 6.17 Å². The molecule has 0 amide bonds. The lowest BCUT2D eigenvalue weighted by Gasteiger charge is -2.63. The van der Waals surface area contributed by atoms with Crippen LogP contribution in [0.25, 0.3) is 0 Å². The van der Waals surface area contributed by atoms with Gasteiger partial charge in [-0.2, -0.15) is 0 Å². The highest BCUT2D eigenvalue weighted by atomic mass is 19.1. The molecule has 0 aromatic carbocycles. The number of aliphatic hydroxyl groups is 1. The summed E-state index contributed by atoms with van der Waals surface area (Å²) in [5.41, 5.74) is -1.03. The van der Waals surface area contributed by atoms with Gasteiger partial charge in [-0.05, 0) is 83.1 Å². The molecule has 222 valence electrons. The molecule has 0 spiro atoms. The number of esters is 1. The number of ketones is 2. The standard InChI is InChI=1S/C30H41F2NO7/c1-26(2)39-24-14-18-19-13-21(31)20-12-17(34)9-10-27(20,3)29(19,32)22(35)15-28(18,4)30(24,40-26)23(36)16-38-25(37)8-6-5-7-11-33/h9-10,12,18-19,21-22,24,35H,5-8,11,13-16,33H2,1-4H3/t18-,19-,21-,22-,24+,27-,28-,29-,30+/m0/s1. The first-order valence-electron chi connectivity index (χ1n) is 14.4. The molecule has 5 rings (SSSR count). The summed E-state index contributed by atoms with van der Waals surface area (Å²) in [5.74, 6) is -4.15. The maximum atomic E-state index is 17.5. The van der Waals surface area contributed by atoms with Crippen LogP contribution < -0.4 is 5.73 Å². The van der Waals surface area contributed by atoms with Gasteiger partial charge in [0.15, 0.2) is 29.4 Å². The first-order valence-corrected chi connectivity index (χ1v) is 14.4. The number of halogens is 2. The lowest BCUT2D eigenvalue weighted by Crippen LogP contribution is -2.71. The highest BCUT2D eigenvalue weighted by molar-refractivity contribution is 6.01. The van der Waals surface area contributed by atoms with Crippen molar-refractivity contribution >= 4 is 17.5 Å². The molecule has 10 heteroatoms. The van der Waals surface area contributed by atoms with Gasteiger partial charge < -0.3 is 25.1 Å². The molecule has 3 saturated carbocycles. The van der Waals surface area contributed by atoms with E-state index in [0.717, 1.165) is 18.9 Å². The van der Waals surface area contributed by atoms with Crippen LogP contribution in [0.5, 0.6) is 0 Å². The Morgan fingerprint density at radius 3 is 2.58 bits per heavy atom. The first kappa shape index (κ1) is 29.5. The van der Waals surface area contributed by atoms with Crippen molar-refractivity contribution in [2.24, 2.45) is 28.4 Å². The van der Waals surface area contributed by atoms with Gasteiger partial charge in [0.25, 0.3) is 0 Å². The van der Waals surface area contributed by atoms with Crippen molar-refractivity contribution in [2.45, 2.75) is 108 Å². The number of unbranched alkanes of at least 4 members (excludes halogenated alkanes) is 2. The fourth-order valence-corrected chi connectivity index (χ4v) is 8.72. The predicted octanol–water partition coefficient (Wildman–Crippen LogP) is 3.44. The highest BCUT2D eigenvalue weighted by Gasteiger charge is 2.80. The Hall–Kier alpha value is -2.01. The molecule has 40 heavy (non-hydrogen) atoms. The number of hydrogen-bond donors (Lipinski definition) is 2. The third kappa shape index (κ3) is 4.00. The molecule has 1 aliphatic heterocycles. The van der Waals surface area contributed by atoms with Crippen LogP contribution in [0.15, 0.2) is 23.8 Å². The van der Waals surface area contributed by atoms with Gasteiger partial charge in [-0.25, -0.2) is 8.78 Å². The number of hydrogen-bond acceptors (Lipinski definition) is 8.